The molecule has 6 aromatic heterocycles. The third-order valence-electron chi connectivity index (χ3n) is 23.8. The maximum Gasteiger partial charge on any atom is 0.284 e. The Morgan fingerprint density at radius 1 is 0.477 bits per heavy atom. The van der Waals surface area contributed by atoms with E-state index in [1.54, 1.807) is 75.1 Å². The molecule has 9 aromatic rings. The Morgan fingerprint density at radius 2 is 0.846 bits per heavy atom. The van der Waals surface area contributed by atoms with Gasteiger partial charge in [-0.25, -0.2) is 76.3 Å². The van der Waals surface area contributed by atoms with Gasteiger partial charge in [0.15, 0.2) is 0 Å². The summed E-state index contributed by atoms with van der Waals surface area (Å²) in [7, 11) is -1.58. The molecule has 0 bridgehead atoms. The first kappa shape index (κ1) is 100. The van der Waals surface area contributed by atoms with E-state index in [4.69, 9.17) is 29.4 Å². The highest BCUT2D eigenvalue weighted by molar-refractivity contribution is 7.91. The number of aromatic amines is 1. The molecule has 3 aromatic carbocycles. The Labute approximate surface area is 764 Å². The van der Waals surface area contributed by atoms with Gasteiger partial charge in [-0.3, -0.25) is 0 Å². The van der Waals surface area contributed by atoms with Gasteiger partial charge in [-0.15, -0.1) is 15.3 Å². The number of aromatic nitrogens is 12. The summed E-state index contributed by atoms with van der Waals surface area (Å²) in [4.78, 5) is 31.5. The predicted octanol–water partition coefficient (Wildman–Crippen LogP) is 13.3. The number of halogens is 3. The molecule has 0 radical (unpaired) electrons. The quantitative estimate of drug-likeness (QED) is 0.0163. The van der Waals surface area contributed by atoms with Crippen molar-refractivity contribution in [3.63, 3.8) is 0 Å². The van der Waals surface area contributed by atoms with Crippen LogP contribution in [-0.4, -0.2) is 277 Å². The third kappa shape index (κ3) is 25.9. The zero-order valence-corrected chi connectivity index (χ0v) is 82.5. The fourth-order valence-corrected chi connectivity index (χ4v) is 22.5. The van der Waals surface area contributed by atoms with E-state index >= 15 is 4.39 Å². The number of nitrogens with zero attached hydrogens (tertiary/aromatic N) is 17. The van der Waals surface area contributed by atoms with Crippen molar-refractivity contribution >= 4 is 85.0 Å². The zero-order valence-electron chi connectivity index (χ0n) is 77.3. The monoisotopic (exact) mass is 1910 g/mol. The molecule has 5 N–H and O–H groups in total. The van der Waals surface area contributed by atoms with Gasteiger partial charge >= 0.3 is 0 Å². The van der Waals surface area contributed by atoms with Crippen LogP contribution in [0.5, 0.6) is 17.6 Å². The number of nitrogens with one attached hydrogen (secondary N) is 3. The Hall–Kier alpha value is -8.97. The summed E-state index contributed by atoms with van der Waals surface area (Å²) in [6.45, 7) is 18.4. The number of hydrogen-bond acceptors (Lipinski definition) is 28. The second kappa shape index (κ2) is 42.9. The number of sulfonamides is 3. The standard InChI is InChI=1S/C30H44FN7O4SSi.C24H30FN7O3S.C18H37N5O5S2Si.C15H15FN2O/c1-36(2)24-10-13-37(14-11-24)43(39,40)30-34-29(38(35-30)20-42-15-16-44(4,5)6)33-28-25(21-7-8-21)18-23(31)19-26(28)22-9-12-32-27(17-22)41-3;1-31(2)18-7-10-32(11-8-18)36(33,34)24-28-23(29-30-24)27-22-19(15-4-5-15)13-17(25)14-20(22)16-6-9-26-21(12-16)35-3;1-7-13-29(24,25)18-19-17(20-23(18)15-28-12-14-31(4,5)6)30(26,27)22-10-8-16(9-11-22)21(2)3;1-19-14-6-10(4-5-18-14)13-8-11(16)7-12(15(13)17)9-2-3-9/h9,12,17-19,21,24H,7-8,10-11,13-16,20H2,1-6H3,(H,33,34,35);6,9,12-15,18H,4-5,7-8,10-11H2,1-3H3,(H2,27,28,29,30);16H,7-15H2,1-6H3;4-9H,2-3,17H2,1H3. The first-order valence-electron chi connectivity index (χ1n) is 44.1. The fourth-order valence-electron chi connectivity index (χ4n) is 15.7. The minimum atomic E-state index is -3.98. The summed E-state index contributed by atoms with van der Waals surface area (Å²) < 4.78 is 183. The maximum absolute atomic E-state index is 15.0. The highest BCUT2D eigenvalue weighted by Gasteiger charge is 2.40. The molecule has 6 fully saturated rings. The van der Waals surface area contributed by atoms with Crippen molar-refractivity contribution in [2.75, 3.05) is 138 Å². The molecule has 34 nitrogen and oxygen atoms in total. The van der Waals surface area contributed by atoms with E-state index in [9.17, 15) is 42.5 Å². The van der Waals surface area contributed by atoms with Crippen molar-refractivity contribution in [3.8, 4) is 51.0 Å². The number of rotatable bonds is 35. The molecule has 0 spiro atoms. The average Bonchev–Trinajstić information content (AvgIpc) is 1.61. The topological polar surface area (TPSA) is 394 Å². The molecule has 6 aliphatic rings. The van der Waals surface area contributed by atoms with Crippen LogP contribution in [0, 0.1) is 17.5 Å². The van der Waals surface area contributed by atoms with E-state index in [0.717, 1.165) is 103 Å². The van der Waals surface area contributed by atoms with Gasteiger partial charge in [0.05, 0.1) is 38.5 Å². The van der Waals surface area contributed by atoms with Crippen LogP contribution in [0.3, 0.4) is 0 Å². The number of methoxy groups -OCH3 is 3. The lowest BCUT2D eigenvalue weighted by Crippen LogP contribution is -2.44. The highest BCUT2D eigenvalue weighted by atomic mass is 32.2. The zero-order chi connectivity index (χ0) is 94.0. The molecule has 0 atom stereocenters. The number of benzene rings is 3. The van der Waals surface area contributed by atoms with Crippen molar-refractivity contribution in [1.82, 2.24) is 87.3 Å². The number of pyridine rings is 3. The maximum atomic E-state index is 15.0. The van der Waals surface area contributed by atoms with E-state index in [-0.39, 0.29) is 75.9 Å². The summed E-state index contributed by atoms with van der Waals surface area (Å²) in [6, 6.07) is 22.4. The molecule has 3 aliphatic carbocycles. The van der Waals surface area contributed by atoms with Gasteiger partial charge in [0.2, 0.25) is 44.5 Å². The first-order valence-corrected chi connectivity index (χ1v) is 57.5. The third-order valence-corrected chi connectivity index (χ3v) is 34.1. The van der Waals surface area contributed by atoms with E-state index < -0.39 is 61.2 Å². The Balaban J connectivity index is 0.000000162. The van der Waals surface area contributed by atoms with Crippen LogP contribution >= 0.6 is 0 Å². The SMILES string of the molecule is CCCS(=O)(=O)c1nc(S(=O)(=O)N2CCC(N(C)C)CC2)nn1COCC[Si](C)(C)C.COc1cc(-c2cc(F)cc(C3CC3)c2N)ccn1.COc1cc(-c2cc(F)cc(C3CC3)c2Nc2n[nH]c(S(=O)(=O)N3CCC(N(C)C)CC3)n2)ccn1.COc1cc(-c2cc(F)cc(C3CC3)c2Nc2nc(S(=O)(=O)N3CCC(N(C)C)CC3)nn2COCC[Si](C)(C)C)ccn1. The summed E-state index contributed by atoms with van der Waals surface area (Å²) in [5.74, 6) is 1.34. The van der Waals surface area contributed by atoms with Crippen molar-refractivity contribution in [2.24, 2.45) is 0 Å². The molecule has 3 saturated carbocycles. The summed E-state index contributed by atoms with van der Waals surface area (Å²) in [5, 5.41) is 20.5. The number of sulfone groups is 1. The lowest BCUT2D eigenvalue weighted by atomic mass is 9.98. The molecule has 130 heavy (non-hydrogen) atoms. The number of nitrogens with two attached hydrogens (primary N) is 1. The molecule has 710 valence electrons. The van der Waals surface area contributed by atoms with Gasteiger partial charge in [0, 0.05) is 146 Å². The van der Waals surface area contributed by atoms with Gasteiger partial charge in [-0.05, 0) is 244 Å². The summed E-state index contributed by atoms with van der Waals surface area (Å²) in [5.41, 5.74) is 14.8. The second-order valence-electron chi connectivity index (χ2n) is 36.8. The minimum absolute atomic E-state index is 0.0242. The summed E-state index contributed by atoms with van der Waals surface area (Å²) in [6.07, 6.45) is 15.6. The van der Waals surface area contributed by atoms with Gasteiger partial charge in [-0.2, -0.15) is 27.9 Å². The fraction of sp³-hybridized carbons (Fsp3) is 0.552. The first-order chi connectivity index (χ1) is 61.6. The molecule has 0 unspecified atom stereocenters. The number of H-pyrrole nitrogens is 1. The predicted molar refractivity (Wildman–Crippen MR) is 499 cm³/mol. The van der Waals surface area contributed by atoms with Gasteiger partial charge in [-0.1, -0.05) is 46.2 Å². The van der Waals surface area contributed by atoms with Crippen molar-refractivity contribution in [3.05, 3.63) is 126 Å². The van der Waals surface area contributed by atoms with Crippen molar-refractivity contribution < 1.29 is 70.5 Å². The number of piperidine rings is 3. The van der Waals surface area contributed by atoms with Gasteiger partial charge in [0.1, 0.15) is 30.9 Å². The summed E-state index contributed by atoms with van der Waals surface area (Å²) >= 11 is 0. The molecule has 15 rings (SSSR count). The van der Waals surface area contributed by atoms with Crippen molar-refractivity contribution in [2.45, 2.75) is 212 Å². The molecular formula is C87H126F3N21O13S4Si2. The second-order valence-corrected chi connectivity index (χ2v) is 55.6. The van der Waals surface area contributed by atoms with Crippen LogP contribution in [0.1, 0.15) is 125 Å². The number of ether oxygens (including phenoxy) is 5. The van der Waals surface area contributed by atoms with Crippen molar-refractivity contribution in [1.29, 1.82) is 0 Å². The van der Waals surface area contributed by atoms with Crippen LogP contribution in [0.15, 0.2) is 112 Å². The molecule has 9 heterocycles. The Bertz CT molecular complexity index is 5850. The molecule has 0 amide bonds. The Morgan fingerprint density at radius 3 is 1.25 bits per heavy atom. The van der Waals surface area contributed by atoms with Crippen LogP contribution in [0.25, 0.3) is 33.4 Å². The number of nitrogen functional groups attached to an aromatic ring is 1. The van der Waals surface area contributed by atoms with Gasteiger partial charge < -0.3 is 54.8 Å². The van der Waals surface area contributed by atoms with Crippen LogP contribution in [-0.2, 0) is 62.8 Å². The van der Waals surface area contributed by atoms with Gasteiger partial charge in [0.25, 0.3) is 45.5 Å². The van der Waals surface area contributed by atoms with E-state index in [1.165, 1.54) is 56.1 Å². The van der Waals surface area contributed by atoms with Crippen LogP contribution in [0.4, 0.5) is 42.1 Å². The molecule has 3 aliphatic heterocycles. The highest BCUT2D eigenvalue weighted by Crippen LogP contribution is 2.50. The lowest BCUT2D eigenvalue weighted by molar-refractivity contribution is 0.0708. The minimum Gasteiger partial charge on any atom is -0.481 e. The van der Waals surface area contributed by atoms with E-state index in [2.05, 4.69) is 115 Å². The van der Waals surface area contributed by atoms with E-state index in [1.807, 2.05) is 48.4 Å². The molecule has 3 saturated heterocycles. The van der Waals surface area contributed by atoms with Crippen LogP contribution in [0.2, 0.25) is 51.4 Å². The Kier molecular flexibility index (Phi) is 33.0. The number of anilines is 5. The number of hydrogen-bond donors (Lipinski definition) is 4. The van der Waals surface area contributed by atoms with E-state index in [0.29, 0.717) is 158 Å². The van der Waals surface area contributed by atoms with Crippen LogP contribution < -0.4 is 30.6 Å². The molecular weight excluding hydrogens is 1790 g/mol. The molecule has 43 heteroatoms. The normalized spacial score (nSPS) is 16.8. The lowest BCUT2D eigenvalue weighted by Gasteiger charge is -2.33. The smallest absolute Gasteiger partial charge is 0.284 e. The largest absolute Gasteiger partial charge is 0.481 e. The average molecular weight is 1920 g/mol.